The van der Waals surface area contributed by atoms with Crippen LogP contribution in [-0.4, -0.2) is 26.2 Å². The van der Waals surface area contributed by atoms with Crippen molar-refractivity contribution in [1.29, 1.82) is 0 Å². The highest BCUT2D eigenvalue weighted by atomic mass is 32.2. The molecule has 3 rings (SSSR count). The number of thioether (sulfide) groups is 1. The molecule has 0 bridgehead atoms. The van der Waals surface area contributed by atoms with Crippen molar-refractivity contribution in [3.05, 3.63) is 90.5 Å². The van der Waals surface area contributed by atoms with E-state index < -0.39 is 0 Å². The summed E-state index contributed by atoms with van der Waals surface area (Å²) < 4.78 is 10.5. The van der Waals surface area contributed by atoms with Crippen molar-refractivity contribution in [1.82, 2.24) is 0 Å². The van der Waals surface area contributed by atoms with E-state index >= 15 is 0 Å². The smallest absolute Gasteiger partial charge is 0.242 e. The van der Waals surface area contributed by atoms with Crippen molar-refractivity contribution in [2.45, 2.75) is 10.1 Å². The Morgan fingerprint density at radius 1 is 0.893 bits per heavy atom. The number of methoxy groups -OCH3 is 1. The van der Waals surface area contributed by atoms with Crippen LogP contribution >= 0.6 is 11.8 Å². The van der Waals surface area contributed by atoms with Crippen LogP contribution in [0.5, 0.6) is 5.75 Å². The first-order valence-corrected chi connectivity index (χ1v) is 9.93. The van der Waals surface area contributed by atoms with Crippen molar-refractivity contribution in [2.24, 2.45) is 0 Å². The van der Waals surface area contributed by atoms with E-state index in [2.05, 4.69) is 5.32 Å². The molecule has 0 saturated carbocycles. The van der Waals surface area contributed by atoms with E-state index in [0.29, 0.717) is 13.2 Å². The highest BCUT2D eigenvalue weighted by molar-refractivity contribution is 8.00. The molecule has 0 aliphatic rings. The van der Waals surface area contributed by atoms with E-state index in [-0.39, 0.29) is 11.2 Å². The highest BCUT2D eigenvalue weighted by Gasteiger charge is 2.22. The number of hydrogen-bond acceptors (Lipinski definition) is 4. The molecule has 1 N–H and O–H groups in total. The maximum absolute atomic E-state index is 13.0. The zero-order valence-corrected chi connectivity index (χ0v) is 16.5. The molecule has 3 aromatic carbocycles. The number of nitrogens with one attached hydrogen (secondary N) is 1. The molecule has 0 fully saturated rings. The molecule has 0 spiro atoms. The molecule has 28 heavy (non-hydrogen) atoms. The van der Waals surface area contributed by atoms with Gasteiger partial charge in [-0.1, -0.05) is 48.5 Å². The third kappa shape index (κ3) is 5.87. The highest BCUT2D eigenvalue weighted by Crippen LogP contribution is 2.36. The largest absolute Gasteiger partial charge is 0.491 e. The van der Waals surface area contributed by atoms with Crippen LogP contribution in [0.1, 0.15) is 10.8 Å². The molecule has 1 atom stereocenters. The van der Waals surface area contributed by atoms with Gasteiger partial charge in [0.1, 0.15) is 17.6 Å². The van der Waals surface area contributed by atoms with Gasteiger partial charge in [-0.25, -0.2) is 0 Å². The number of anilines is 1. The summed E-state index contributed by atoms with van der Waals surface area (Å²) >= 11 is 1.54. The van der Waals surface area contributed by atoms with Crippen LogP contribution < -0.4 is 10.1 Å². The molecule has 0 radical (unpaired) electrons. The summed E-state index contributed by atoms with van der Waals surface area (Å²) in [4.78, 5) is 14.1. The molecule has 3 aromatic rings. The minimum atomic E-state index is -0.346. The van der Waals surface area contributed by atoms with Gasteiger partial charge in [-0.15, -0.1) is 11.8 Å². The topological polar surface area (TPSA) is 47.6 Å². The van der Waals surface area contributed by atoms with Crippen LogP contribution in [0.2, 0.25) is 0 Å². The standard InChI is InChI=1S/C23H23NO3S/c1-26-16-17-27-20-14-12-19(13-15-20)24-23(25)22(18-8-4-2-5-9-18)28-21-10-6-3-7-11-21/h2-15,22H,16-17H2,1H3,(H,24,25). The number of carbonyl (C=O) groups is 1. The molecule has 1 amide bonds. The van der Waals surface area contributed by atoms with E-state index in [1.54, 1.807) is 7.11 Å². The second kappa shape index (κ2) is 10.5. The summed E-state index contributed by atoms with van der Waals surface area (Å²) in [6.45, 7) is 1.03. The number of carbonyl (C=O) groups excluding carboxylic acids is 1. The lowest BCUT2D eigenvalue weighted by molar-refractivity contribution is -0.115. The Bertz CT molecular complexity index is 854. The Labute approximate surface area is 169 Å². The number of ether oxygens (including phenoxy) is 2. The van der Waals surface area contributed by atoms with Crippen molar-refractivity contribution >= 4 is 23.4 Å². The first kappa shape index (κ1) is 20.0. The Hall–Kier alpha value is -2.76. The molecule has 0 aliphatic heterocycles. The van der Waals surface area contributed by atoms with Crippen molar-refractivity contribution in [3.63, 3.8) is 0 Å². The lowest BCUT2D eigenvalue weighted by atomic mass is 10.1. The van der Waals surface area contributed by atoms with Crippen LogP contribution in [-0.2, 0) is 9.53 Å². The maximum Gasteiger partial charge on any atom is 0.242 e. The number of rotatable bonds is 9. The average molecular weight is 394 g/mol. The molecular formula is C23H23NO3S. The lowest BCUT2D eigenvalue weighted by Crippen LogP contribution is -2.19. The summed E-state index contributed by atoms with van der Waals surface area (Å²) in [6, 6.07) is 27.1. The lowest BCUT2D eigenvalue weighted by Gasteiger charge is -2.17. The molecule has 4 nitrogen and oxygen atoms in total. The summed E-state index contributed by atoms with van der Waals surface area (Å²) in [7, 11) is 1.64. The molecule has 0 aliphatic carbocycles. The molecule has 0 saturated heterocycles. The molecular weight excluding hydrogens is 370 g/mol. The van der Waals surface area contributed by atoms with E-state index in [1.807, 2.05) is 84.9 Å². The molecule has 0 aromatic heterocycles. The number of hydrogen-bond donors (Lipinski definition) is 1. The number of benzene rings is 3. The van der Waals surface area contributed by atoms with E-state index in [4.69, 9.17) is 9.47 Å². The van der Waals surface area contributed by atoms with Crippen LogP contribution in [0.25, 0.3) is 0 Å². The van der Waals surface area contributed by atoms with Gasteiger partial charge in [-0.2, -0.15) is 0 Å². The van der Waals surface area contributed by atoms with Crippen molar-refractivity contribution in [3.8, 4) is 5.75 Å². The van der Waals surface area contributed by atoms with Gasteiger partial charge in [0.15, 0.2) is 0 Å². The predicted octanol–water partition coefficient (Wildman–Crippen LogP) is 5.18. The Kier molecular flexibility index (Phi) is 7.53. The molecule has 1 unspecified atom stereocenters. The summed E-state index contributed by atoms with van der Waals surface area (Å²) in [5, 5.41) is 2.67. The predicted molar refractivity (Wildman–Crippen MR) is 114 cm³/mol. The Balaban J connectivity index is 1.70. The molecule has 144 valence electrons. The fourth-order valence-corrected chi connectivity index (χ4v) is 3.67. The van der Waals surface area contributed by atoms with Crippen LogP contribution in [0.15, 0.2) is 89.8 Å². The third-order valence-electron chi connectivity index (χ3n) is 4.02. The van der Waals surface area contributed by atoms with Crippen molar-refractivity contribution < 1.29 is 14.3 Å². The fourth-order valence-electron chi connectivity index (χ4n) is 2.62. The van der Waals surface area contributed by atoms with Gasteiger partial charge in [0, 0.05) is 17.7 Å². The molecule has 5 heteroatoms. The van der Waals surface area contributed by atoms with E-state index in [9.17, 15) is 4.79 Å². The van der Waals surface area contributed by atoms with Gasteiger partial charge in [-0.3, -0.25) is 4.79 Å². The van der Waals surface area contributed by atoms with Gasteiger partial charge in [-0.05, 0) is 42.0 Å². The third-order valence-corrected chi connectivity index (χ3v) is 5.28. The second-order valence-electron chi connectivity index (χ2n) is 6.08. The zero-order chi connectivity index (χ0) is 19.6. The SMILES string of the molecule is COCCOc1ccc(NC(=O)C(Sc2ccccc2)c2ccccc2)cc1. The van der Waals surface area contributed by atoms with Gasteiger partial charge >= 0.3 is 0 Å². The van der Waals surface area contributed by atoms with Gasteiger partial charge in [0.25, 0.3) is 0 Å². The van der Waals surface area contributed by atoms with E-state index in [0.717, 1.165) is 21.9 Å². The second-order valence-corrected chi connectivity index (χ2v) is 7.26. The number of amides is 1. The van der Waals surface area contributed by atoms with Crippen LogP contribution in [0, 0.1) is 0 Å². The Morgan fingerprint density at radius 2 is 1.54 bits per heavy atom. The normalized spacial score (nSPS) is 11.6. The monoisotopic (exact) mass is 393 g/mol. The fraction of sp³-hybridized carbons (Fsp3) is 0.174. The van der Waals surface area contributed by atoms with Crippen LogP contribution in [0.3, 0.4) is 0 Å². The first-order valence-electron chi connectivity index (χ1n) is 9.05. The van der Waals surface area contributed by atoms with Crippen LogP contribution in [0.4, 0.5) is 5.69 Å². The van der Waals surface area contributed by atoms with E-state index in [1.165, 1.54) is 11.8 Å². The molecule has 0 heterocycles. The summed E-state index contributed by atoms with van der Waals surface area (Å²) in [5.74, 6) is 0.682. The van der Waals surface area contributed by atoms with Gasteiger partial charge in [0.05, 0.1) is 6.61 Å². The summed E-state index contributed by atoms with van der Waals surface area (Å²) in [5.41, 5.74) is 1.70. The zero-order valence-electron chi connectivity index (χ0n) is 15.7. The Morgan fingerprint density at radius 3 is 2.18 bits per heavy atom. The average Bonchev–Trinajstić information content (AvgIpc) is 2.75. The quantitative estimate of drug-likeness (QED) is 0.402. The minimum absolute atomic E-state index is 0.0619. The minimum Gasteiger partial charge on any atom is -0.491 e. The van der Waals surface area contributed by atoms with Gasteiger partial charge in [0.2, 0.25) is 5.91 Å². The first-order chi connectivity index (χ1) is 13.8. The van der Waals surface area contributed by atoms with Gasteiger partial charge < -0.3 is 14.8 Å². The summed E-state index contributed by atoms with van der Waals surface area (Å²) in [6.07, 6.45) is 0. The van der Waals surface area contributed by atoms with Crippen molar-refractivity contribution in [2.75, 3.05) is 25.6 Å². The maximum atomic E-state index is 13.0.